The number of benzene rings is 2. The number of fused-ring (bicyclic) bond motifs is 1. The van der Waals surface area contributed by atoms with Gasteiger partial charge in [0.2, 0.25) is 5.91 Å². The molecular formula is C18H19N3O4S. The van der Waals surface area contributed by atoms with Crippen molar-refractivity contribution in [2.24, 2.45) is 5.73 Å². The minimum atomic E-state index is -0.609. The number of carbonyl (C=O) groups excluding carboxylic acids is 2. The summed E-state index contributed by atoms with van der Waals surface area (Å²) in [7, 11) is 0. The van der Waals surface area contributed by atoms with Crippen LogP contribution in [0.1, 0.15) is 5.56 Å². The van der Waals surface area contributed by atoms with E-state index < -0.39 is 6.03 Å². The molecule has 0 aliphatic carbocycles. The van der Waals surface area contributed by atoms with Gasteiger partial charge in [-0.05, 0) is 35.9 Å². The van der Waals surface area contributed by atoms with Crippen molar-refractivity contribution in [2.45, 2.75) is 11.4 Å². The quantitative estimate of drug-likeness (QED) is 0.675. The number of hydrogen-bond acceptors (Lipinski definition) is 5. The number of hydrogen-bond donors (Lipinski definition) is 3. The molecule has 2 aromatic rings. The van der Waals surface area contributed by atoms with Gasteiger partial charge in [0.15, 0.2) is 11.5 Å². The van der Waals surface area contributed by atoms with Gasteiger partial charge in [-0.3, -0.25) is 4.79 Å². The van der Waals surface area contributed by atoms with E-state index in [1.807, 2.05) is 30.3 Å². The number of urea groups is 1. The van der Waals surface area contributed by atoms with Crippen LogP contribution in [0.4, 0.5) is 10.5 Å². The Balaban J connectivity index is 1.45. The fourth-order valence-corrected chi connectivity index (χ4v) is 3.12. The lowest BCUT2D eigenvalue weighted by atomic mass is 10.2. The van der Waals surface area contributed by atoms with Crippen molar-refractivity contribution in [1.82, 2.24) is 5.32 Å². The summed E-state index contributed by atoms with van der Waals surface area (Å²) >= 11 is 1.44. The van der Waals surface area contributed by atoms with Crippen molar-refractivity contribution in [1.29, 1.82) is 0 Å². The van der Waals surface area contributed by atoms with E-state index in [-0.39, 0.29) is 5.91 Å². The molecule has 1 aliphatic rings. The van der Waals surface area contributed by atoms with Crippen LogP contribution in [0, 0.1) is 0 Å². The first-order valence-electron chi connectivity index (χ1n) is 8.05. The van der Waals surface area contributed by atoms with Gasteiger partial charge in [-0.15, -0.1) is 11.8 Å². The molecule has 26 heavy (non-hydrogen) atoms. The van der Waals surface area contributed by atoms with Crippen molar-refractivity contribution in [3.05, 3.63) is 48.0 Å². The van der Waals surface area contributed by atoms with Gasteiger partial charge in [-0.1, -0.05) is 12.1 Å². The molecule has 2 aromatic carbocycles. The zero-order chi connectivity index (χ0) is 18.4. The molecule has 0 spiro atoms. The summed E-state index contributed by atoms with van der Waals surface area (Å²) in [5.74, 6) is 1.69. The maximum atomic E-state index is 12.0. The second kappa shape index (κ2) is 8.48. The summed E-state index contributed by atoms with van der Waals surface area (Å²) < 4.78 is 11.0. The molecule has 0 atom stereocenters. The molecule has 8 heteroatoms. The number of nitrogens with two attached hydrogens (primary N) is 1. The third kappa shape index (κ3) is 5.06. The third-order valence-electron chi connectivity index (χ3n) is 3.59. The van der Waals surface area contributed by atoms with E-state index in [0.29, 0.717) is 36.9 Å². The molecule has 3 amide bonds. The Morgan fingerprint density at radius 2 is 1.77 bits per heavy atom. The topological polar surface area (TPSA) is 103 Å². The summed E-state index contributed by atoms with van der Waals surface area (Å²) in [4.78, 5) is 23.8. The summed E-state index contributed by atoms with van der Waals surface area (Å²) in [5, 5.41) is 5.35. The van der Waals surface area contributed by atoms with Crippen LogP contribution in [0.15, 0.2) is 47.4 Å². The first-order valence-corrected chi connectivity index (χ1v) is 9.03. The fourth-order valence-electron chi connectivity index (χ4n) is 2.36. The standard InChI is InChI=1S/C18H19N3O4S/c19-18(23)21-13-3-1-12(2-4-13)10-20-17(22)11-26-14-5-6-15-16(9-14)25-8-7-24-15/h1-6,9H,7-8,10-11H2,(H,20,22)(H3,19,21,23). The summed E-state index contributed by atoms with van der Waals surface area (Å²) in [6.45, 7) is 1.51. The summed E-state index contributed by atoms with van der Waals surface area (Å²) in [6, 6.07) is 12.1. The molecule has 136 valence electrons. The first kappa shape index (κ1) is 17.9. The highest BCUT2D eigenvalue weighted by atomic mass is 32.2. The summed E-state index contributed by atoms with van der Waals surface area (Å²) in [5.41, 5.74) is 6.60. The number of ether oxygens (including phenoxy) is 2. The Morgan fingerprint density at radius 3 is 2.50 bits per heavy atom. The Kier molecular flexibility index (Phi) is 5.85. The van der Waals surface area contributed by atoms with Crippen LogP contribution in [0.3, 0.4) is 0 Å². The molecule has 1 heterocycles. The van der Waals surface area contributed by atoms with Crippen LogP contribution in [0.5, 0.6) is 11.5 Å². The highest BCUT2D eigenvalue weighted by Gasteiger charge is 2.12. The molecule has 0 bridgehead atoms. The van der Waals surface area contributed by atoms with Crippen LogP contribution in [-0.2, 0) is 11.3 Å². The predicted molar refractivity (Wildman–Crippen MR) is 99.7 cm³/mol. The Hall–Kier alpha value is -2.87. The minimum absolute atomic E-state index is 0.0655. The molecule has 0 unspecified atom stereocenters. The van der Waals surface area contributed by atoms with Gasteiger partial charge >= 0.3 is 6.03 Å². The maximum absolute atomic E-state index is 12.0. The van der Waals surface area contributed by atoms with Crippen molar-refractivity contribution in [3.8, 4) is 11.5 Å². The van der Waals surface area contributed by atoms with Crippen molar-refractivity contribution in [3.63, 3.8) is 0 Å². The fraction of sp³-hybridized carbons (Fsp3) is 0.222. The lowest BCUT2D eigenvalue weighted by molar-refractivity contribution is -0.118. The Labute approximate surface area is 155 Å². The van der Waals surface area contributed by atoms with Gasteiger partial charge in [0, 0.05) is 17.1 Å². The molecule has 0 saturated heterocycles. The maximum Gasteiger partial charge on any atom is 0.316 e. The van der Waals surface area contributed by atoms with Gasteiger partial charge in [0.05, 0.1) is 5.75 Å². The first-order chi connectivity index (χ1) is 12.6. The minimum Gasteiger partial charge on any atom is -0.486 e. The van der Waals surface area contributed by atoms with Crippen LogP contribution in [0.25, 0.3) is 0 Å². The molecular weight excluding hydrogens is 354 g/mol. The lowest BCUT2D eigenvalue weighted by Gasteiger charge is -2.18. The second-order valence-corrected chi connectivity index (χ2v) is 6.61. The molecule has 0 fully saturated rings. The third-order valence-corrected chi connectivity index (χ3v) is 4.59. The van der Waals surface area contributed by atoms with E-state index in [2.05, 4.69) is 10.6 Å². The normalized spacial score (nSPS) is 12.3. The average Bonchev–Trinajstić information content (AvgIpc) is 2.65. The molecule has 3 rings (SSSR count). The van der Waals surface area contributed by atoms with E-state index >= 15 is 0 Å². The van der Waals surface area contributed by atoms with E-state index in [0.717, 1.165) is 16.2 Å². The Morgan fingerprint density at radius 1 is 1.04 bits per heavy atom. The van der Waals surface area contributed by atoms with E-state index in [9.17, 15) is 9.59 Å². The van der Waals surface area contributed by atoms with Crippen LogP contribution < -0.4 is 25.8 Å². The molecule has 0 saturated carbocycles. The Bertz CT molecular complexity index is 796. The number of primary amides is 1. The molecule has 1 aliphatic heterocycles. The number of nitrogens with one attached hydrogen (secondary N) is 2. The van der Waals surface area contributed by atoms with Gasteiger partial charge < -0.3 is 25.8 Å². The zero-order valence-electron chi connectivity index (χ0n) is 14.0. The lowest BCUT2D eigenvalue weighted by Crippen LogP contribution is -2.24. The number of carbonyl (C=O) groups is 2. The SMILES string of the molecule is NC(=O)Nc1ccc(CNC(=O)CSc2ccc3c(c2)OCCO3)cc1. The highest BCUT2D eigenvalue weighted by Crippen LogP contribution is 2.34. The monoisotopic (exact) mass is 373 g/mol. The van der Waals surface area contributed by atoms with E-state index in [4.69, 9.17) is 15.2 Å². The van der Waals surface area contributed by atoms with Gasteiger partial charge in [0.1, 0.15) is 13.2 Å². The molecule has 4 N–H and O–H groups in total. The van der Waals surface area contributed by atoms with Crippen LogP contribution >= 0.6 is 11.8 Å². The highest BCUT2D eigenvalue weighted by molar-refractivity contribution is 8.00. The number of rotatable bonds is 6. The van der Waals surface area contributed by atoms with Crippen molar-refractivity contribution < 1.29 is 19.1 Å². The molecule has 0 radical (unpaired) electrons. The van der Waals surface area contributed by atoms with Crippen LogP contribution in [0.2, 0.25) is 0 Å². The smallest absolute Gasteiger partial charge is 0.316 e. The zero-order valence-corrected chi connectivity index (χ0v) is 14.8. The second-order valence-electron chi connectivity index (χ2n) is 5.56. The van der Waals surface area contributed by atoms with E-state index in [1.165, 1.54) is 11.8 Å². The van der Waals surface area contributed by atoms with Crippen molar-refractivity contribution >= 4 is 29.4 Å². The largest absolute Gasteiger partial charge is 0.486 e. The van der Waals surface area contributed by atoms with Gasteiger partial charge in [-0.2, -0.15) is 0 Å². The molecule has 0 aromatic heterocycles. The van der Waals surface area contributed by atoms with Gasteiger partial charge in [0.25, 0.3) is 0 Å². The van der Waals surface area contributed by atoms with Crippen LogP contribution in [-0.4, -0.2) is 30.9 Å². The van der Waals surface area contributed by atoms with Gasteiger partial charge in [-0.25, -0.2) is 4.79 Å². The number of thioether (sulfide) groups is 1. The number of anilines is 1. The summed E-state index contributed by atoms with van der Waals surface area (Å²) in [6.07, 6.45) is 0. The van der Waals surface area contributed by atoms with E-state index in [1.54, 1.807) is 12.1 Å². The van der Waals surface area contributed by atoms with Crippen molar-refractivity contribution in [2.75, 3.05) is 24.3 Å². The number of amides is 3. The molecule has 7 nitrogen and oxygen atoms in total. The predicted octanol–water partition coefficient (Wildman–Crippen LogP) is 2.36. The average molecular weight is 373 g/mol.